The van der Waals surface area contributed by atoms with Gasteiger partial charge in [0.1, 0.15) is 5.75 Å². The second-order valence-corrected chi connectivity index (χ2v) is 7.85. The summed E-state index contributed by atoms with van der Waals surface area (Å²) in [4.78, 5) is 38.3. The molecule has 8 heteroatoms. The maximum Gasteiger partial charge on any atom is 0.262 e. The highest BCUT2D eigenvalue weighted by Crippen LogP contribution is 2.27. The van der Waals surface area contributed by atoms with Gasteiger partial charge in [-0.25, -0.2) is 0 Å². The average Bonchev–Trinajstić information content (AvgIpc) is 3.16. The summed E-state index contributed by atoms with van der Waals surface area (Å²) in [6.45, 7) is 4.62. The number of halogens is 1. The van der Waals surface area contributed by atoms with Crippen LogP contribution in [0.1, 0.15) is 25.3 Å². The number of rotatable bonds is 8. The summed E-state index contributed by atoms with van der Waals surface area (Å²) < 4.78 is 5.55. The molecule has 7 nitrogen and oxygen atoms in total. The van der Waals surface area contributed by atoms with Gasteiger partial charge in [0, 0.05) is 35.9 Å². The Morgan fingerprint density at radius 3 is 2.65 bits per heavy atom. The van der Waals surface area contributed by atoms with Crippen LogP contribution in [0.3, 0.4) is 0 Å². The minimum atomic E-state index is -0.339. The maximum atomic E-state index is 12.3. The third-order valence-electron chi connectivity index (χ3n) is 5.11. The van der Waals surface area contributed by atoms with E-state index in [4.69, 9.17) is 16.3 Å². The Kier molecular flexibility index (Phi) is 7.52. The van der Waals surface area contributed by atoms with Crippen molar-refractivity contribution < 1.29 is 19.1 Å². The summed E-state index contributed by atoms with van der Waals surface area (Å²) in [5.41, 5.74) is 2.13. The number of carbonyl (C=O) groups is 3. The van der Waals surface area contributed by atoms with Crippen molar-refractivity contribution in [3.8, 4) is 5.75 Å². The minimum Gasteiger partial charge on any atom is -0.484 e. The molecule has 0 bridgehead atoms. The first-order valence-electron chi connectivity index (χ1n) is 10.2. The lowest BCUT2D eigenvalue weighted by Crippen LogP contribution is -2.33. The van der Waals surface area contributed by atoms with Gasteiger partial charge >= 0.3 is 0 Å². The fourth-order valence-corrected chi connectivity index (χ4v) is 3.50. The van der Waals surface area contributed by atoms with Crippen molar-refractivity contribution in [2.24, 2.45) is 5.92 Å². The second-order valence-electron chi connectivity index (χ2n) is 7.44. The zero-order chi connectivity index (χ0) is 22.4. The van der Waals surface area contributed by atoms with Gasteiger partial charge in [0.05, 0.1) is 5.92 Å². The molecule has 0 spiro atoms. The lowest BCUT2D eigenvalue weighted by Gasteiger charge is -2.17. The van der Waals surface area contributed by atoms with Crippen molar-refractivity contribution in [2.75, 3.05) is 29.9 Å². The largest absolute Gasteiger partial charge is 0.484 e. The van der Waals surface area contributed by atoms with Crippen LogP contribution < -0.4 is 20.3 Å². The molecule has 0 unspecified atom stereocenters. The summed E-state index contributed by atoms with van der Waals surface area (Å²) in [6.07, 6.45) is 1.06. The second kappa shape index (κ2) is 10.3. The third kappa shape index (κ3) is 5.76. The summed E-state index contributed by atoms with van der Waals surface area (Å²) in [5, 5.41) is 6.20. The van der Waals surface area contributed by atoms with E-state index in [0.29, 0.717) is 35.2 Å². The van der Waals surface area contributed by atoms with Crippen LogP contribution in [-0.4, -0.2) is 37.4 Å². The number of nitrogens with one attached hydrogen (secondary N) is 2. The summed E-state index contributed by atoms with van der Waals surface area (Å²) in [6, 6.07) is 12.2. The monoisotopic (exact) mass is 443 g/mol. The van der Waals surface area contributed by atoms with E-state index in [0.717, 1.165) is 12.0 Å². The van der Waals surface area contributed by atoms with Gasteiger partial charge in [-0.2, -0.15) is 0 Å². The van der Waals surface area contributed by atoms with E-state index < -0.39 is 0 Å². The number of hydrogen-bond donors (Lipinski definition) is 2. The van der Waals surface area contributed by atoms with Crippen LogP contribution in [0, 0.1) is 12.8 Å². The Labute approximate surface area is 186 Å². The minimum absolute atomic E-state index is 0.0819. The Morgan fingerprint density at radius 1 is 1.19 bits per heavy atom. The Bertz CT molecular complexity index is 962. The molecule has 1 aliphatic heterocycles. The van der Waals surface area contributed by atoms with E-state index in [2.05, 4.69) is 10.6 Å². The van der Waals surface area contributed by atoms with Crippen molar-refractivity contribution in [2.45, 2.75) is 26.7 Å². The van der Waals surface area contributed by atoms with Gasteiger partial charge in [-0.15, -0.1) is 0 Å². The number of carbonyl (C=O) groups excluding carboxylic acids is 3. The van der Waals surface area contributed by atoms with Crippen LogP contribution in [0.5, 0.6) is 5.75 Å². The molecule has 1 atom stereocenters. The van der Waals surface area contributed by atoms with Gasteiger partial charge in [0.15, 0.2) is 6.61 Å². The van der Waals surface area contributed by atoms with Crippen molar-refractivity contribution in [1.29, 1.82) is 0 Å². The first kappa shape index (κ1) is 22.6. The first-order chi connectivity index (χ1) is 14.9. The number of ether oxygens (including phenoxy) is 1. The predicted octanol–water partition coefficient (Wildman–Crippen LogP) is 3.55. The molecule has 3 rings (SSSR count). The molecule has 1 saturated heterocycles. The van der Waals surface area contributed by atoms with Crippen molar-refractivity contribution in [1.82, 2.24) is 5.32 Å². The van der Waals surface area contributed by atoms with Crippen LogP contribution >= 0.6 is 11.6 Å². The molecular weight excluding hydrogens is 418 g/mol. The molecule has 2 aromatic carbocycles. The molecule has 1 fully saturated rings. The number of hydrogen-bond acceptors (Lipinski definition) is 4. The molecule has 0 saturated carbocycles. The SMILES string of the molecule is CCCNC(=O)[C@@H]1CC(=O)N(c2ccc(OCC(=O)Nc3cccc(Cl)c3C)cc2)C1. The Hall–Kier alpha value is -3.06. The Balaban J connectivity index is 1.53. The van der Waals surface area contributed by atoms with Crippen LogP contribution in [0.4, 0.5) is 11.4 Å². The molecule has 0 radical (unpaired) electrons. The molecule has 1 heterocycles. The maximum absolute atomic E-state index is 12.3. The van der Waals surface area contributed by atoms with E-state index in [1.165, 1.54) is 0 Å². The number of benzene rings is 2. The fraction of sp³-hybridized carbons (Fsp3) is 0.348. The van der Waals surface area contributed by atoms with Gasteiger partial charge in [0.25, 0.3) is 5.91 Å². The number of anilines is 2. The highest BCUT2D eigenvalue weighted by atomic mass is 35.5. The van der Waals surface area contributed by atoms with E-state index in [1.807, 2.05) is 13.8 Å². The van der Waals surface area contributed by atoms with Crippen molar-refractivity contribution in [3.63, 3.8) is 0 Å². The van der Waals surface area contributed by atoms with Gasteiger partial charge in [-0.1, -0.05) is 24.6 Å². The van der Waals surface area contributed by atoms with Crippen molar-refractivity contribution in [3.05, 3.63) is 53.1 Å². The van der Waals surface area contributed by atoms with Crippen LogP contribution in [0.15, 0.2) is 42.5 Å². The van der Waals surface area contributed by atoms with Gasteiger partial charge < -0.3 is 20.3 Å². The highest BCUT2D eigenvalue weighted by molar-refractivity contribution is 6.31. The fourth-order valence-electron chi connectivity index (χ4n) is 3.33. The van der Waals surface area contributed by atoms with Gasteiger partial charge in [0.2, 0.25) is 11.8 Å². The zero-order valence-electron chi connectivity index (χ0n) is 17.6. The number of nitrogens with zero attached hydrogens (tertiary/aromatic N) is 1. The van der Waals surface area contributed by atoms with E-state index >= 15 is 0 Å². The third-order valence-corrected chi connectivity index (χ3v) is 5.51. The molecule has 164 valence electrons. The van der Waals surface area contributed by atoms with E-state index in [9.17, 15) is 14.4 Å². The van der Waals surface area contributed by atoms with Crippen LogP contribution in [-0.2, 0) is 14.4 Å². The molecule has 2 aromatic rings. The van der Waals surface area contributed by atoms with Crippen LogP contribution in [0.2, 0.25) is 5.02 Å². The average molecular weight is 444 g/mol. The standard InChI is InChI=1S/C23H26ClN3O4/c1-3-11-25-23(30)16-12-22(29)27(13-16)17-7-9-18(10-8-17)31-14-21(28)26-20-6-4-5-19(24)15(20)2/h4-10,16H,3,11-14H2,1-2H3,(H,25,30)(H,26,28)/t16-/m1/s1. The van der Waals surface area contributed by atoms with E-state index in [-0.39, 0.29) is 36.7 Å². The number of amides is 3. The predicted molar refractivity (Wildman–Crippen MR) is 121 cm³/mol. The normalized spacial score (nSPS) is 15.6. The zero-order valence-corrected chi connectivity index (χ0v) is 18.4. The quantitative estimate of drug-likeness (QED) is 0.653. The highest BCUT2D eigenvalue weighted by Gasteiger charge is 2.34. The lowest BCUT2D eigenvalue weighted by atomic mass is 10.1. The van der Waals surface area contributed by atoms with Gasteiger partial charge in [-0.3, -0.25) is 14.4 Å². The molecule has 0 aliphatic carbocycles. The first-order valence-corrected chi connectivity index (χ1v) is 10.6. The summed E-state index contributed by atoms with van der Waals surface area (Å²) >= 11 is 6.07. The summed E-state index contributed by atoms with van der Waals surface area (Å²) in [5.74, 6) is -0.301. The lowest BCUT2D eigenvalue weighted by molar-refractivity contribution is -0.126. The topological polar surface area (TPSA) is 87.7 Å². The molecule has 1 aliphatic rings. The molecule has 0 aromatic heterocycles. The molecule has 2 N–H and O–H groups in total. The molecular formula is C23H26ClN3O4. The van der Waals surface area contributed by atoms with Crippen LogP contribution in [0.25, 0.3) is 0 Å². The smallest absolute Gasteiger partial charge is 0.262 e. The molecule has 3 amide bonds. The molecule has 31 heavy (non-hydrogen) atoms. The van der Waals surface area contributed by atoms with Crippen molar-refractivity contribution >= 4 is 40.7 Å². The van der Waals surface area contributed by atoms with E-state index in [1.54, 1.807) is 47.4 Å². The summed E-state index contributed by atoms with van der Waals surface area (Å²) in [7, 11) is 0. The Morgan fingerprint density at radius 2 is 1.94 bits per heavy atom. The van der Waals surface area contributed by atoms with Gasteiger partial charge in [-0.05, 0) is 55.3 Å².